The maximum Gasteiger partial charge on any atom is 0.258 e. The first kappa shape index (κ1) is 21.1. The van der Waals surface area contributed by atoms with E-state index in [0.717, 1.165) is 5.56 Å². The van der Waals surface area contributed by atoms with E-state index in [2.05, 4.69) is 5.32 Å². The van der Waals surface area contributed by atoms with E-state index in [9.17, 15) is 9.59 Å². The van der Waals surface area contributed by atoms with Gasteiger partial charge in [0.2, 0.25) is 0 Å². The van der Waals surface area contributed by atoms with E-state index in [4.69, 9.17) is 27.9 Å². The Morgan fingerprint density at radius 3 is 2.33 bits per heavy atom. The predicted molar refractivity (Wildman–Crippen MR) is 107 cm³/mol. The molecule has 5 nitrogen and oxygen atoms in total. The quantitative estimate of drug-likeness (QED) is 0.747. The zero-order valence-electron chi connectivity index (χ0n) is 15.5. The highest BCUT2D eigenvalue weighted by Gasteiger charge is 2.14. The van der Waals surface area contributed by atoms with Crippen molar-refractivity contribution < 1.29 is 14.3 Å². The number of nitrogens with zero attached hydrogens (tertiary/aromatic N) is 1. The smallest absolute Gasteiger partial charge is 0.258 e. The Balaban J connectivity index is 1.82. The summed E-state index contributed by atoms with van der Waals surface area (Å²) in [5.74, 6) is 0.174. The van der Waals surface area contributed by atoms with Crippen LogP contribution in [0.5, 0.6) is 5.75 Å². The Morgan fingerprint density at radius 2 is 1.74 bits per heavy atom. The maximum atomic E-state index is 12.3. The van der Waals surface area contributed by atoms with Gasteiger partial charge in [-0.1, -0.05) is 35.3 Å². The molecule has 0 bridgehead atoms. The van der Waals surface area contributed by atoms with E-state index in [0.29, 0.717) is 27.9 Å². The zero-order valence-corrected chi connectivity index (χ0v) is 17.0. The third-order valence-electron chi connectivity index (χ3n) is 4.05. The standard InChI is InChI=1S/C20H22Cl2N2O3/c1-13(2)24(3)20(26)15-6-4-14(5-7-15)11-23-19(25)12-27-16-8-9-17(21)18(22)10-16/h4-10,13H,11-12H2,1-3H3,(H,23,25). The molecule has 2 aromatic carbocycles. The number of hydrogen-bond acceptors (Lipinski definition) is 3. The molecular weight excluding hydrogens is 387 g/mol. The van der Waals surface area contributed by atoms with Crippen LogP contribution in [0.4, 0.5) is 0 Å². The molecule has 7 heteroatoms. The Kier molecular flexibility index (Phi) is 7.51. The van der Waals surface area contributed by atoms with Crippen LogP contribution in [0.3, 0.4) is 0 Å². The van der Waals surface area contributed by atoms with Crippen LogP contribution in [-0.2, 0) is 11.3 Å². The third-order valence-corrected chi connectivity index (χ3v) is 4.79. The number of nitrogens with one attached hydrogen (secondary N) is 1. The highest BCUT2D eigenvalue weighted by atomic mass is 35.5. The largest absolute Gasteiger partial charge is 0.484 e. The second kappa shape index (κ2) is 9.62. The molecule has 0 radical (unpaired) electrons. The van der Waals surface area contributed by atoms with E-state index < -0.39 is 0 Å². The Bertz CT molecular complexity index is 807. The maximum absolute atomic E-state index is 12.3. The number of amides is 2. The normalized spacial score (nSPS) is 10.6. The van der Waals surface area contributed by atoms with Crippen LogP contribution in [0.25, 0.3) is 0 Å². The topological polar surface area (TPSA) is 58.6 Å². The van der Waals surface area contributed by atoms with Crippen molar-refractivity contribution >= 4 is 35.0 Å². The van der Waals surface area contributed by atoms with E-state index in [1.165, 1.54) is 0 Å². The molecule has 0 heterocycles. The van der Waals surface area contributed by atoms with Gasteiger partial charge < -0.3 is 15.0 Å². The molecular formula is C20H22Cl2N2O3. The fourth-order valence-corrected chi connectivity index (χ4v) is 2.46. The molecule has 0 aromatic heterocycles. The van der Waals surface area contributed by atoms with Crippen molar-refractivity contribution in [3.8, 4) is 5.75 Å². The van der Waals surface area contributed by atoms with Crippen LogP contribution >= 0.6 is 23.2 Å². The van der Waals surface area contributed by atoms with Gasteiger partial charge in [-0.05, 0) is 43.7 Å². The molecule has 0 atom stereocenters. The van der Waals surface area contributed by atoms with Gasteiger partial charge in [0.15, 0.2) is 6.61 Å². The van der Waals surface area contributed by atoms with Crippen molar-refractivity contribution in [2.45, 2.75) is 26.4 Å². The SMILES string of the molecule is CC(C)N(C)C(=O)c1ccc(CNC(=O)COc2ccc(Cl)c(Cl)c2)cc1. The van der Waals surface area contributed by atoms with Crippen LogP contribution in [0.2, 0.25) is 10.0 Å². The number of halogens is 2. The van der Waals surface area contributed by atoms with Crippen LogP contribution < -0.4 is 10.1 Å². The van der Waals surface area contributed by atoms with Crippen molar-refractivity contribution in [1.82, 2.24) is 10.2 Å². The van der Waals surface area contributed by atoms with Crippen molar-refractivity contribution in [1.29, 1.82) is 0 Å². The second-order valence-corrected chi connectivity index (χ2v) is 7.16. The number of carbonyl (C=O) groups is 2. The average Bonchev–Trinajstić information content (AvgIpc) is 2.66. The molecule has 0 saturated carbocycles. The molecule has 0 saturated heterocycles. The van der Waals surface area contributed by atoms with Gasteiger partial charge in [0, 0.05) is 31.3 Å². The highest BCUT2D eigenvalue weighted by Crippen LogP contribution is 2.26. The number of carbonyl (C=O) groups excluding carboxylic acids is 2. The van der Waals surface area contributed by atoms with Crippen LogP contribution in [0.1, 0.15) is 29.8 Å². The first-order valence-electron chi connectivity index (χ1n) is 8.48. The second-order valence-electron chi connectivity index (χ2n) is 6.35. The minimum Gasteiger partial charge on any atom is -0.484 e. The molecule has 0 aliphatic carbocycles. The first-order chi connectivity index (χ1) is 12.8. The zero-order chi connectivity index (χ0) is 20.0. The summed E-state index contributed by atoms with van der Waals surface area (Å²) < 4.78 is 5.39. The summed E-state index contributed by atoms with van der Waals surface area (Å²) in [7, 11) is 1.77. The van der Waals surface area contributed by atoms with Gasteiger partial charge in [0.25, 0.3) is 11.8 Å². The molecule has 1 N–H and O–H groups in total. The lowest BCUT2D eigenvalue weighted by molar-refractivity contribution is -0.123. The summed E-state index contributed by atoms with van der Waals surface area (Å²) in [4.78, 5) is 25.9. The molecule has 27 heavy (non-hydrogen) atoms. The summed E-state index contributed by atoms with van der Waals surface area (Å²) >= 11 is 11.7. The summed E-state index contributed by atoms with van der Waals surface area (Å²) in [5, 5.41) is 3.56. The molecule has 2 amide bonds. The number of ether oxygens (including phenoxy) is 1. The van der Waals surface area contributed by atoms with E-state index >= 15 is 0 Å². The lowest BCUT2D eigenvalue weighted by Gasteiger charge is -2.21. The average molecular weight is 409 g/mol. The molecule has 0 aliphatic rings. The minimum absolute atomic E-state index is 0.0318. The van der Waals surface area contributed by atoms with Crippen LogP contribution in [0, 0.1) is 0 Å². The molecule has 2 aromatic rings. The Hall–Kier alpha value is -2.24. The van der Waals surface area contributed by atoms with Crippen molar-refractivity contribution in [2.24, 2.45) is 0 Å². The molecule has 144 valence electrons. The van der Waals surface area contributed by atoms with Crippen LogP contribution in [-0.4, -0.2) is 36.4 Å². The van der Waals surface area contributed by atoms with Gasteiger partial charge >= 0.3 is 0 Å². The summed E-state index contributed by atoms with van der Waals surface area (Å²) in [5.41, 5.74) is 1.51. The Morgan fingerprint density at radius 1 is 1.07 bits per heavy atom. The number of rotatable bonds is 7. The third kappa shape index (κ3) is 6.15. The molecule has 0 aliphatic heterocycles. The van der Waals surface area contributed by atoms with Gasteiger partial charge in [-0.25, -0.2) is 0 Å². The van der Waals surface area contributed by atoms with Gasteiger partial charge in [-0.3, -0.25) is 9.59 Å². The fraction of sp³-hybridized carbons (Fsp3) is 0.300. The lowest BCUT2D eigenvalue weighted by Crippen LogP contribution is -2.33. The molecule has 0 spiro atoms. The van der Waals surface area contributed by atoms with Crippen molar-refractivity contribution in [3.63, 3.8) is 0 Å². The minimum atomic E-state index is -0.263. The lowest BCUT2D eigenvalue weighted by atomic mass is 10.1. The summed E-state index contributed by atoms with van der Waals surface area (Å²) in [6, 6.07) is 12.1. The monoisotopic (exact) mass is 408 g/mol. The molecule has 0 fully saturated rings. The Labute approximate surface area is 169 Å². The first-order valence-corrected chi connectivity index (χ1v) is 9.24. The van der Waals surface area contributed by atoms with Gasteiger partial charge in [-0.2, -0.15) is 0 Å². The van der Waals surface area contributed by atoms with Crippen molar-refractivity contribution in [3.05, 3.63) is 63.6 Å². The fourth-order valence-electron chi connectivity index (χ4n) is 2.17. The highest BCUT2D eigenvalue weighted by molar-refractivity contribution is 6.42. The summed E-state index contributed by atoms with van der Waals surface area (Å²) in [6.07, 6.45) is 0. The predicted octanol–water partition coefficient (Wildman–Crippen LogP) is 4.17. The number of hydrogen-bond donors (Lipinski definition) is 1. The van der Waals surface area contributed by atoms with Gasteiger partial charge in [0.05, 0.1) is 10.0 Å². The van der Waals surface area contributed by atoms with E-state index in [-0.39, 0.29) is 24.5 Å². The van der Waals surface area contributed by atoms with Crippen molar-refractivity contribution in [2.75, 3.05) is 13.7 Å². The summed E-state index contributed by atoms with van der Waals surface area (Å²) in [6.45, 7) is 4.13. The van der Waals surface area contributed by atoms with E-state index in [1.54, 1.807) is 42.3 Å². The number of benzene rings is 2. The molecule has 0 unspecified atom stereocenters. The van der Waals surface area contributed by atoms with Gasteiger partial charge in [0.1, 0.15) is 5.75 Å². The van der Waals surface area contributed by atoms with Gasteiger partial charge in [-0.15, -0.1) is 0 Å². The molecule has 2 rings (SSSR count). The van der Waals surface area contributed by atoms with Crippen LogP contribution in [0.15, 0.2) is 42.5 Å². The van der Waals surface area contributed by atoms with E-state index in [1.807, 2.05) is 26.0 Å².